The molecular weight excluding hydrogens is 396 g/mol. The Kier molecular flexibility index (Phi) is 5.57. The lowest BCUT2D eigenvalue weighted by Crippen LogP contribution is -2.13. The Balaban J connectivity index is 1.43. The first-order valence-corrected chi connectivity index (χ1v) is 9.51. The number of para-hydroxylation sites is 1. The molecule has 0 aliphatic rings. The fourth-order valence-electron chi connectivity index (χ4n) is 3.14. The molecule has 0 unspecified atom stereocenters. The topological polar surface area (TPSA) is 89.7 Å². The monoisotopic (exact) mass is 416 g/mol. The summed E-state index contributed by atoms with van der Waals surface area (Å²) in [5, 5.41) is 3.67. The summed E-state index contributed by atoms with van der Waals surface area (Å²) in [6.07, 6.45) is 0. The highest BCUT2D eigenvalue weighted by molar-refractivity contribution is 6.06. The van der Waals surface area contributed by atoms with Gasteiger partial charge in [-0.1, -0.05) is 12.1 Å². The van der Waals surface area contributed by atoms with Crippen LogP contribution in [0.25, 0.3) is 10.9 Å². The number of ether oxygens (including phenoxy) is 3. The number of H-pyrrole nitrogens is 1. The van der Waals surface area contributed by atoms with E-state index in [0.29, 0.717) is 34.2 Å². The maximum atomic E-state index is 12.5. The molecule has 0 fully saturated rings. The van der Waals surface area contributed by atoms with Crippen molar-refractivity contribution in [3.05, 3.63) is 84.1 Å². The van der Waals surface area contributed by atoms with E-state index in [9.17, 15) is 9.59 Å². The SMILES string of the molecule is COc1ccc2cc(C(=O)Oc3ccc(NC(=O)c4ccccc4OC)cc3)[nH]c2c1. The van der Waals surface area contributed by atoms with Gasteiger partial charge in [0, 0.05) is 22.7 Å². The zero-order valence-electron chi connectivity index (χ0n) is 17.0. The summed E-state index contributed by atoms with van der Waals surface area (Å²) in [4.78, 5) is 28.0. The highest BCUT2D eigenvalue weighted by atomic mass is 16.5. The molecular formula is C24H20N2O5. The first-order chi connectivity index (χ1) is 15.1. The van der Waals surface area contributed by atoms with Crippen molar-refractivity contribution >= 4 is 28.5 Å². The van der Waals surface area contributed by atoms with Crippen molar-refractivity contribution in [2.45, 2.75) is 0 Å². The predicted octanol–water partition coefficient (Wildman–Crippen LogP) is 4.66. The number of hydrogen-bond donors (Lipinski definition) is 2. The van der Waals surface area contributed by atoms with E-state index < -0.39 is 5.97 Å². The molecule has 1 aromatic heterocycles. The fourth-order valence-corrected chi connectivity index (χ4v) is 3.14. The highest BCUT2D eigenvalue weighted by Gasteiger charge is 2.14. The average Bonchev–Trinajstić information content (AvgIpc) is 3.23. The molecule has 31 heavy (non-hydrogen) atoms. The van der Waals surface area contributed by atoms with Crippen molar-refractivity contribution in [2.24, 2.45) is 0 Å². The van der Waals surface area contributed by atoms with Crippen LogP contribution in [0.4, 0.5) is 5.69 Å². The Labute approximate surface area is 178 Å². The van der Waals surface area contributed by atoms with Gasteiger partial charge in [0.05, 0.1) is 19.8 Å². The first-order valence-electron chi connectivity index (χ1n) is 9.51. The highest BCUT2D eigenvalue weighted by Crippen LogP contribution is 2.24. The van der Waals surface area contributed by atoms with E-state index in [1.807, 2.05) is 18.2 Å². The first kappa shape index (κ1) is 20.0. The smallest absolute Gasteiger partial charge is 0.360 e. The minimum atomic E-state index is -0.513. The Bertz CT molecular complexity index is 1240. The number of aromatic amines is 1. The zero-order chi connectivity index (χ0) is 21.8. The van der Waals surface area contributed by atoms with Crippen LogP contribution in [0.3, 0.4) is 0 Å². The number of hydrogen-bond acceptors (Lipinski definition) is 5. The molecule has 156 valence electrons. The van der Waals surface area contributed by atoms with Gasteiger partial charge in [-0.2, -0.15) is 0 Å². The molecule has 0 saturated carbocycles. The van der Waals surface area contributed by atoms with E-state index in [1.54, 1.807) is 61.7 Å². The van der Waals surface area contributed by atoms with E-state index >= 15 is 0 Å². The Morgan fingerprint density at radius 1 is 0.839 bits per heavy atom. The molecule has 7 heteroatoms. The molecule has 4 aromatic rings. The molecule has 3 aromatic carbocycles. The molecule has 1 amide bonds. The Morgan fingerprint density at radius 3 is 2.32 bits per heavy atom. The fraction of sp³-hybridized carbons (Fsp3) is 0.0833. The molecule has 2 N–H and O–H groups in total. The van der Waals surface area contributed by atoms with Gasteiger partial charge in [-0.05, 0) is 54.6 Å². The quantitative estimate of drug-likeness (QED) is 0.353. The summed E-state index contributed by atoms with van der Waals surface area (Å²) in [6.45, 7) is 0. The number of fused-ring (bicyclic) bond motifs is 1. The maximum absolute atomic E-state index is 12.5. The van der Waals surface area contributed by atoms with Gasteiger partial charge in [0.15, 0.2) is 0 Å². The number of anilines is 1. The Hall–Kier alpha value is -4.26. The second-order valence-corrected chi connectivity index (χ2v) is 6.70. The van der Waals surface area contributed by atoms with Gasteiger partial charge in [-0.3, -0.25) is 4.79 Å². The van der Waals surface area contributed by atoms with Gasteiger partial charge in [0.25, 0.3) is 5.91 Å². The third-order valence-corrected chi connectivity index (χ3v) is 4.72. The lowest BCUT2D eigenvalue weighted by molar-refractivity contribution is 0.0729. The van der Waals surface area contributed by atoms with E-state index in [1.165, 1.54) is 7.11 Å². The molecule has 0 radical (unpaired) electrons. The number of carbonyl (C=O) groups excluding carboxylic acids is 2. The summed E-state index contributed by atoms with van der Waals surface area (Å²) in [5.41, 5.74) is 2.10. The molecule has 4 rings (SSSR count). The van der Waals surface area contributed by atoms with E-state index in [0.717, 1.165) is 10.9 Å². The number of nitrogens with one attached hydrogen (secondary N) is 2. The standard InChI is InChI=1S/C24H20N2O5/c1-29-18-10-7-15-13-21(26-20(15)14-18)24(28)31-17-11-8-16(9-12-17)25-23(27)19-5-3-4-6-22(19)30-2/h3-14,26H,1-2H3,(H,25,27). The largest absolute Gasteiger partial charge is 0.497 e. The number of methoxy groups -OCH3 is 2. The van der Waals surface area contributed by atoms with Crippen molar-refractivity contribution in [3.63, 3.8) is 0 Å². The van der Waals surface area contributed by atoms with Crippen molar-refractivity contribution in [1.82, 2.24) is 4.98 Å². The molecule has 0 spiro atoms. The summed E-state index contributed by atoms with van der Waals surface area (Å²) in [6, 6.07) is 20.7. The van der Waals surface area contributed by atoms with Crippen LogP contribution in [0.1, 0.15) is 20.8 Å². The van der Waals surface area contributed by atoms with E-state index in [4.69, 9.17) is 14.2 Å². The summed E-state index contributed by atoms with van der Waals surface area (Å²) >= 11 is 0. The van der Waals surface area contributed by atoms with Crippen LogP contribution in [0.2, 0.25) is 0 Å². The average molecular weight is 416 g/mol. The number of rotatable bonds is 6. The number of benzene rings is 3. The molecule has 7 nitrogen and oxygen atoms in total. The number of carbonyl (C=O) groups is 2. The van der Waals surface area contributed by atoms with Crippen molar-refractivity contribution in [1.29, 1.82) is 0 Å². The van der Waals surface area contributed by atoms with Crippen LogP contribution in [0.15, 0.2) is 72.8 Å². The van der Waals surface area contributed by atoms with Gasteiger partial charge in [0.1, 0.15) is 22.9 Å². The van der Waals surface area contributed by atoms with Gasteiger partial charge < -0.3 is 24.5 Å². The van der Waals surface area contributed by atoms with E-state index in [-0.39, 0.29) is 5.91 Å². The van der Waals surface area contributed by atoms with Gasteiger partial charge >= 0.3 is 5.97 Å². The van der Waals surface area contributed by atoms with Crippen LogP contribution < -0.4 is 19.5 Å². The van der Waals surface area contributed by atoms with Crippen molar-refractivity contribution in [2.75, 3.05) is 19.5 Å². The van der Waals surface area contributed by atoms with Crippen LogP contribution in [-0.2, 0) is 0 Å². The van der Waals surface area contributed by atoms with E-state index in [2.05, 4.69) is 10.3 Å². The van der Waals surface area contributed by atoms with Crippen LogP contribution >= 0.6 is 0 Å². The third-order valence-electron chi connectivity index (χ3n) is 4.72. The second kappa shape index (κ2) is 8.62. The van der Waals surface area contributed by atoms with Gasteiger partial charge in [-0.25, -0.2) is 4.79 Å². The lowest BCUT2D eigenvalue weighted by atomic mass is 10.2. The molecule has 0 saturated heterocycles. The lowest BCUT2D eigenvalue weighted by Gasteiger charge is -2.09. The second-order valence-electron chi connectivity index (χ2n) is 6.70. The summed E-state index contributed by atoms with van der Waals surface area (Å²) < 4.78 is 15.8. The molecule has 0 aliphatic carbocycles. The molecule has 0 bridgehead atoms. The van der Waals surface area contributed by atoms with Crippen LogP contribution in [0.5, 0.6) is 17.2 Å². The molecule has 1 heterocycles. The predicted molar refractivity (Wildman–Crippen MR) is 117 cm³/mol. The van der Waals surface area contributed by atoms with Crippen molar-refractivity contribution in [3.8, 4) is 17.2 Å². The third kappa shape index (κ3) is 4.35. The number of esters is 1. The summed E-state index contributed by atoms with van der Waals surface area (Å²) in [7, 11) is 3.10. The number of amides is 1. The maximum Gasteiger partial charge on any atom is 0.360 e. The minimum absolute atomic E-state index is 0.296. The van der Waals surface area contributed by atoms with Crippen LogP contribution in [-0.4, -0.2) is 31.1 Å². The summed E-state index contributed by atoms with van der Waals surface area (Å²) in [5.74, 6) is 0.731. The normalized spacial score (nSPS) is 10.5. The molecule has 0 aliphatic heterocycles. The van der Waals surface area contributed by atoms with Crippen LogP contribution in [0, 0.1) is 0 Å². The van der Waals surface area contributed by atoms with Crippen molar-refractivity contribution < 1.29 is 23.8 Å². The number of aromatic nitrogens is 1. The Morgan fingerprint density at radius 2 is 1.58 bits per heavy atom. The zero-order valence-corrected chi connectivity index (χ0v) is 17.0. The van der Waals surface area contributed by atoms with Gasteiger partial charge in [0.2, 0.25) is 0 Å². The molecule has 0 atom stereocenters. The minimum Gasteiger partial charge on any atom is -0.497 e. The van der Waals surface area contributed by atoms with Gasteiger partial charge in [-0.15, -0.1) is 0 Å².